The summed E-state index contributed by atoms with van der Waals surface area (Å²) < 4.78 is 67.1. The van der Waals surface area contributed by atoms with Crippen LogP contribution in [-0.4, -0.2) is 23.2 Å². The molecule has 2 amide bonds. The van der Waals surface area contributed by atoms with Gasteiger partial charge in [-0.3, -0.25) is 14.4 Å². The number of amides is 2. The van der Waals surface area contributed by atoms with E-state index in [4.69, 9.17) is 17.3 Å². The summed E-state index contributed by atoms with van der Waals surface area (Å²) in [6.07, 6.45) is -4.73. The van der Waals surface area contributed by atoms with Gasteiger partial charge < -0.3 is 21.5 Å². The SMILES string of the molecule is Nc1c(C=O)cc(NC(=O)c2cc(F)cc(C(F)(F)F)c2)c2c1C(=O)NC2(O)c1cc(F)ccc1Cl. The second-order valence-corrected chi connectivity index (χ2v) is 8.17. The van der Waals surface area contributed by atoms with Gasteiger partial charge in [-0.05, 0) is 42.5 Å². The summed E-state index contributed by atoms with van der Waals surface area (Å²) in [6.45, 7) is 0. The Kier molecular flexibility index (Phi) is 5.97. The minimum Gasteiger partial charge on any atom is -0.397 e. The molecule has 0 saturated heterocycles. The van der Waals surface area contributed by atoms with Crippen LogP contribution >= 0.6 is 11.6 Å². The highest BCUT2D eigenvalue weighted by molar-refractivity contribution is 6.31. The van der Waals surface area contributed by atoms with E-state index >= 15 is 0 Å². The number of fused-ring (bicyclic) bond motifs is 1. The summed E-state index contributed by atoms with van der Waals surface area (Å²) in [5.74, 6) is -4.51. The van der Waals surface area contributed by atoms with Crippen LogP contribution in [0.5, 0.6) is 0 Å². The molecule has 4 rings (SSSR count). The van der Waals surface area contributed by atoms with Crippen molar-refractivity contribution in [1.29, 1.82) is 0 Å². The normalized spacial score (nSPS) is 16.9. The standard InChI is InChI=1S/C23H13ClF5N3O4/c24-15-2-1-12(25)7-14(15)22(36)18-16(5-10(8-33)19(30)17(18)21(35)32-22)31-20(34)9-3-11(23(27,28)29)6-13(26)4-9/h1-8,36H,30H2,(H,31,34)(H,32,35). The highest BCUT2D eigenvalue weighted by Gasteiger charge is 2.48. The molecule has 1 atom stereocenters. The number of anilines is 2. The molecule has 0 fully saturated rings. The Hall–Kier alpha value is -4.03. The molecule has 3 aromatic rings. The number of alkyl halides is 3. The number of carbonyl (C=O) groups is 3. The Bertz CT molecular complexity index is 1460. The van der Waals surface area contributed by atoms with Crippen LogP contribution in [0.15, 0.2) is 42.5 Å². The predicted molar refractivity (Wildman–Crippen MR) is 117 cm³/mol. The molecular formula is C23H13ClF5N3O4. The molecule has 5 N–H and O–H groups in total. The monoisotopic (exact) mass is 525 g/mol. The van der Waals surface area contributed by atoms with Gasteiger partial charge in [-0.15, -0.1) is 0 Å². The maximum atomic E-state index is 14.0. The van der Waals surface area contributed by atoms with Gasteiger partial charge in [0.1, 0.15) is 11.6 Å². The molecule has 0 bridgehead atoms. The third-order valence-corrected chi connectivity index (χ3v) is 5.79. The third kappa shape index (κ3) is 4.14. The Balaban J connectivity index is 1.91. The summed E-state index contributed by atoms with van der Waals surface area (Å²) in [5, 5.41) is 15.6. The lowest BCUT2D eigenvalue weighted by molar-refractivity contribution is -0.137. The van der Waals surface area contributed by atoms with Crippen LogP contribution in [0.4, 0.5) is 33.3 Å². The number of benzene rings is 3. The van der Waals surface area contributed by atoms with Crippen LogP contribution in [-0.2, 0) is 11.9 Å². The van der Waals surface area contributed by atoms with Crippen molar-refractivity contribution in [3.8, 4) is 0 Å². The highest BCUT2D eigenvalue weighted by atomic mass is 35.5. The van der Waals surface area contributed by atoms with E-state index in [9.17, 15) is 41.4 Å². The van der Waals surface area contributed by atoms with Crippen molar-refractivity contribution in [2.24, 2.45) is 0 Å². The molecule has 1 unspecified atom stereocenters. The quantitative estimate of drug-likeness (QED) is 0.231. The van der Waals surface area contributed by atoms with Crippen LogP contribution < -0.4 is 16.4 Å². The molecule has 3 aromatic carbocycles. The summed E-state index contributed by atoms with van der Waals surface area (Å²) >= 11 is 6.11. The van der Waals surface area contributed by atoms with Crippen LogP contribution in [0, 0.1) is 11.6 Å². The molecule has 0 aliphatic carbocycles. The molecule has 7 nitrogen and oxygen atoms in total. The lowest BCUT2D eigenvalue weighted by Gasteiger charge is -2.28. The molecule has 0 aromatic heterocycles. The van der Waals surface area contributed by atoms with Gasteiger partial charge in [-0.25, -0.2) is 8.78 Å². The second kappa shape index (κ2) is 8.57. The predicted octanol–water partition coefficient (Wildman–Crippen LogP) is 4.22. The number of nitrogen functional groups attached to an aromatic ring is 1. The van der Waals surface area contributed by atoms with Crippen molar-refractivity contribution < 1.29 is 41.4 Å². The number of nitrogens with two attached hydrogens (primary N) is 1. The second-order valence-electron chi connectivity index (χ2n) is 7.76. The number of hydrogen-bond donors (Lipinski definition) is 4. The van der Waals surface area contributed by atoms with E-state index < -0.39 is 69.0 Å². The maximum Gasteiger partial charge on any atom is 0.416 e. The van der Waals surface area contributed by atoms with Gasteiger partial charge in [0.25, 0.3) is 11.8 Å². The largest absolute Gasteiger partial charge is 0.416 e. The van der Waals surface area contributed by atoms with Gasteiger partial charge in [-0.1, -0.05) is 11.6 Å². The number of nitrogens with one attached hydrogen (secondary N) is 2. The van der Waals surface area contributed by atoms with Gasteiger partial charge in [0, 0.05) is 27.3 Å². The molecule has 1 aliphatic heterocycles. The lowest BCUT2D eigenvalue weighted by atomic mass is 9.90. The number of carbonyl (C=O) groups excluding carboxylic acids is 3. The molecule has 0 radical (unpaired) electrons. The van der Waals surface area contributed by atoms with Crippen LogP contribution in [0.25, 0.3) is 0 Å². The Labute approximate surface area is 203 Å². The summed E-state index contributed by atoms with van der Waals surface area (Å²) in [6, 6.07) is 4.91. The van der Waals surface area contributed by atoms with E-state index in [1.54, 1.807) is 0 Å². The van der Waals surface area contributed by atoms with Crippen LogP contribution in [0.3, 0.4) is 0 Å². The summed E-state index contributed by atoms with van der Waals surface area (Å²) in [4.78, 5) is 37.1. The highest BCUT2D eigenvalue weighted by Crippen LogP contribution is 2.45. The fourth-order valence-electron chi connectivity index (χ4n) is 3.87. The summed E-state index contributed by atoms with van der Waals surface area (Å²) in [7, 11) is 0. The minimum atomic E-state index is -4.96. The Morgan fingerprint density at radius 3 is 2.44 bits per heavy atom. The molecule has 0 spiro atoms. The maximum absolute atomic E-state index is 14.0. The van der Waals surface area contributed by atoms with Crippen LogP contribution in [0.2, 0.25) is 5.02 Å². The van der Waals surface area contributed by atoms with E-state index in [1.807, 2.05) is 0 Å². The van der Waals surface area contributed by atoms with Crippen molar-refractivity contribution in [3.05, 3.63) is 92.5 Å². The zero-order valence-electron chi connectivity index (χ0n) is 17.6. The fourth-order valence-corrected chi connectivity index (χ4v) is 4.13. The first kappa shape index (κ1) is 25.1. The number of hydrogen-bond acceptors (Lipinski definition) is 5. The number of aldehydes is 1. The topological polar surface area (TPSA) is 122 Å². The fraction of sp³-hybridized carbons (Fsp3) is 0.0870. The van der Waals surface area contributed by atoms with Gasteiger partial charge in [-0.2, -0.15) is 13.2 Å². The smallest absolute Gasteiger partial charge is 0.397 e. The summed E-state index contributed by atoms with van der Waals surface area (Å²) in [5.41, 5.74) is -1.33. The lowest BCUT2D eigenvalue weighted by Crippen LogP contribution is -2.41. The van der Waals surface area contributed by atoms with Crippen molar-refractivity contribution >= 4 is 41.1 Å². The molecule has 36 heavy (non-hydrogen) atoms. The first-order chi connectivity index (χ1) is 16.8. The van der Waals surface area contributed by atoms with Crippen LogP contribution in [0.1, 0.15) is 47.8 Å². The number of rotatable bonds is 4. The molecule has 13 heteroatoms. The van der Waals surface area contributed by atoms with E-state index in [1.165, 1.54) is 0 Å². The Morgan fingerprint density at radius 1 is 1.11 bits per heavy atom. The van der Waals surface area contributed by atoms with Gasteiger partial charge in [0.15, 0.2) is 12.0 Å². The van der Waals surface area contributed by atoms with E-state index in [2.05, 4.69) is 10.6 Å². The van der Waals surface area contributed by atoms with E-state index in [0.717, 1.165) is 24.3 Å². The van der Waals surface area contributed by atoms with Gasteiger partial charge >= 0.3 is 6.18 Å². The molecule has 186 valence electrons. The molecule has 1 aliphatic rings. The Morgan fingerprint density at radius 2 is 1.81 bits per heavy atom. The van der Waals surface area contributed by atoms with E-state index in [0.29, 0.717) is 12.1 Å². The zero-order valence-corrected chi connectivity index (χ0v) is 18.4. The minimum absolute atomic E-state index is 0.190. The van der Waals surface area contributed by atoms with Gasteiger partial charge in [0.2, 0.25) is 0 Å². The molecule has 0 saturated carbocycles. The van der Waals surface area contributed by atoms with Crippen molar-refractivity contribution in [2.45, 2.75) is 11.9 Å². The average Bonchev–Trinajstić information content (AvgIpc) is 3.07. The number of halogens is 6. The van der Waals surface area contributed by atoms with Gasteiger partial charge in [0.05, 0.1) is 22.5 Å². The van der Waals surface area contributed by atoms with Crippen molar-refractivity contribution in [3.63, 3.8) is 0 Å². The average molecular weight is 526 g/mol. The molecular weight excluding hydrogens is 513 g/mol. The van der Waals surface area contributed by atoms with E-state index in [-0.39, 0.29) is 28.5 Å². The van der Waals surface area contributed by atoms with Crippen molar-refractivity contribution in [2.75, 3.05) is 11.1 Å². The first-order valence-corrected chi connectivity index (χ1v) is 10.3. The van der Waals surface area contributed by atoms with Crippen molar-refractivity contribution in [1.82, 2.24) is 5.32 Å². The zero-order chi connectivity index (χ0) is 26.6. The first-order valence-electron chi connectivity index (χ1n) is 9.88. The molecule has 1 heterocycles. The number of aliphatic hydroxyl groups is 1. The third-order valence-electron chi connectivity index (χ3n) is 5.46.